The van der Waals surface area contributed by atoms with Crippen LogP contribution in [0.5, 0.6) is 5.75 Å². The highest BCUT2D eigenvalue weighted by atomic mass is 16.5. The monoisotopic (exact) mass is 269 g/mol. The van der Waals surface area contributed by atoms with Crippen molar-refractivity contribution in [3.05, 3.63) is 45.5 Å². The molecule has 0 N–H and O–H groups in total. The Morgan fingerprint density at radius 1 is 1.30 bits per heavy atom. The summed E-state index contributed by atoms with van der Waals surface area (Å²) in [6.45, 7) is 3.84. The van der Waals surface area contributed by atoms with E-state index in [9.17, 15) is 10.1 Å². The Morgan fingerprint density at radius 2 is 1.90 bits per heavy atom. The van der Waals surface area contributed by atoms with E-state index in [2.05, 4.69) is 11.1 Å². The van der Waals surface area contributed by atoms with Crippen LogP contribution in [0, 0.1) is 25.2 Å². The number of benzene rings is 1. The van der Waals surface area contributed by atoms with Crippen molar-refractivity contribution in [2.45, 2.75) is 13.8 Å². The lowest BCUT2D eigenvalue weighted by Gasteiger charge is -2.12. The molecule has 0 aliphatic heterocycles. The molecule has 0 spiro atoms. The van der Waals surface area contributed by atoms with Crippen molar-refractivity contribution in [1.29, 1.82) is 5.26 Å². The minimum atomic E-state index is -0.384. The summed E-state index contributed by atoms with van der Waals surface area (Å²) >= 11 is 0. The number of hydrogen-bond donors (Lipinski definition) is 0. The molecule has 0 aliphatic carbocycles. The van der Waals surface area contributed by atoms with Gasteiger partial charge in [-0.05, 0) is 37.1 Å². The molecule has 5 nitrogen and oxygen atoms in total. The van der Waals surface area contributed by atoms with Crippen LogP contribution < -0.4 is 10.4 Å². The Morgan fingerprint density at radius 3 is 2.40 bits per heavy atom. The summed E-state index contributed by atoms with van der Waals surface area (Å²) < 4.78 is 6.61. The van der Waals surface area contributed by atoms with Crippen LogP contribution in [0.4, 0.5) is 0 Å². The highest BCUT2D eigenvalue weighted by Crippen LogP contribution is 2.29. The molecule has 5 heteroatoms. The van der Waals surface area contributed by atoms with Gasteiger partial charge in [0.25, 0.3) is 0 Å². The minimum absolute atomic E-state index is 0.371. The lowest BCUT2D eigenvalue weighted by molar-refractivity contribution is 0.408. The molecule has 0 aliphatic rings. The van der Waals surface area contributed by atoms with Crippen LogP contribution in [0.3, 0.4) is 0 Å². The van der Waals surface area contributed by atoms with E-state index >= 15 is 0 Å². The molecule has 102 valence electrons. The third-order valence-electron chi connectivity index (χ3n) is 3.15. The Bertz CT molecular complexity index is 747. The fraction of sp³-hybridized carbons (Fsp3) is 0.267. The predicted molar refractivity (Wildman–Crippen MR) is 75.7 cm³/mol. The van der Waals surface area contributed by atoms with E-state index in [1.54, 1.807) is 14.2 Å². The maximum Gasteiger partial charge on any atom is 0.347 e. The standard InChI is InChI=1S/C15H15N3O2/c1-9-5-11(6-10(2)14(9)20-4)13-12(7-16)8-18(3)15(19)17-13/h5-6,8H,1-4H3. The van der Waals surface area contributed by atoms with E-state index in [1.807, 2.05) is 26.0 Å². The van der Waals surface area contributed by atoms with Crippen molar-refractivity contribution in [1.82, 2.24) is 9.55 Å². The van der Waals surface area contributed by atoms with Crippen molar-refractivity contribution in [3.8, 4) is 23.1 Å². The number of aromatic nitrogens is 2. The number of methoxy groups -OCH3 is 1. The number of ether oxygens (including phenoxy) is 1. The molecule has 2 aromatic rings. The van der Waals surface area contributed by atoms with Crippen molar-refractivity contribution >= 4 is 0 Å². The van der Waals surface area contributed by atoms with E-state index in [0.29, 0.717) is 11.3 Å². The van der Waals surface area contributed by atoms with E-state index in [1.165, 1.54) is 10.8 Å². The Kier molecular flexibility index (Phi) is 3.57. The zero-order chi connectivity index (χ0) is 14.9. The quantitative estimate of drug-likeness (QED) is 0.835. The SMILES string of the molecule is COc1c(C)cc(-c2nc(=O)n(C)cc2C#N)cc1C. The second-order valence-electron chi connectivity index (χ2n) is 4.65. The van der Waals surface area contributed by atoms with E-state index in [4.69, 9.17) is 4.74 Å². The van der Waals surface area contributed by atoms with E-state index in [0.717, 1.165) is 22.4 Å². The molecule has 1 aromatic heterocycles. The van der Waals surface area contributed by atoms with Crippen molar-refractivity contribution in [3.63, 3.8) is 0 Å². The van der Waals surface area contributed by atoms with Gasteiger partial charge in [-0.1, -0.05) is 0 Å². The van der Waals surface area contributed by atoms with Crippen molar-refractivity contribution in [2.24, 2.45) is 7.05 Å². The summed E-state index contributed by atoms with van der Waals surface area (Å²) in [6.07, 6.45) is 1.50. The van der Waals surface area contributed by atoms with Gasteiger partial charge in [-0.15, -0.1) is 0 Å². The first kappa shape index (κ1) is 13.8. The molecule has 0 fully saturated rings. The van der Waals surface area contributed by atoms with Crippen molar-refractivity contribution < 1.29 is 4.74 Å². The zero-order valence-electron chi connectivity index (χ0n) is 11.9. The summed E-state index contributed by atoms with van der Waals surface area (Å²) in [4.78, 5) is 15.7. The molecule has 2 rings (SSSR count). The van der Waals surface area contributed by atoms with Gasteiger partial charge >= 0.3 is 5.69 Å². The molecule has 1 aromatic carbocycles. The molecule has 0 amide bonds. The molecule has 0 bridgehead atoms. The topological polar surface area (TPSA) is 67.9 Å². The third kappa shape index (κ3) is 2.28. The molecule has 0 saturated carbocycles. The van der Waals surface area contributed by atoms with Crippen LogP contribution in [-0.2, 0) is 7.05 Å². The van der Waals surface area contributed by atoms with Crippen LogP contribution in [0.25, 0.3) is 11.3 Å². The highest BCUT2D eigenvalue weighted by Gasteiger charge is 2.13. The molecule has 0 atom stereocenters. The zero-order valence-corrected chi connectivity index (χ0v) is 11.9. The highest BCUT2D eigenvalue weighted by molar-refractivity contribution is 5.69. The Hall–Kier alpha value is -2.61. The van der Waals surface area contributed by atoms with Gasteiger partial charge in [0.2, 0.25) is 0 Å². The Labute approximate surface area is 117 Å². The number of aryl methyl sites for hydroxylation is 3. The van der Waals surface area contributed by atoms with Gasteiger partial charge in [0.1, 0.15) is 11.8 Å². The summed E-state index contributed by atoms with van der Waals surface area (Å²) in [7, 11) is 3.19. The van der Waals surface area contributed by atoms with Gasteiger partial charge in [0, 0.05) is 18.8 Å². The van der Waals surface area contributed by atoms with Gasteiger partial charge in [0.05, 0.1) is 18.4 Å². The first-order valence-electron chi connectivity index (χ1n) is 6.11. The van der Waals surface area contributed by atoms with Crippen LogP contribution in [0.1, 0.15) is 16.7 Å². The molecule has 0 saturated heterocycles. The largest absolute Gasteiger partial charge is 0.496 e. The van der Waals surface area contributed by atoms with Crippen LogP contribution in [-0.4, -0.2) is 16.7 Å². The van der Waals surface area contributed by atoms with E-state index in [-0.39, 0.29) is 5.69 Å². The number of hydrogen-bond acceptors (Lipinski definition) is 4. The second-order valence-corrected chi connectivity index (χ2v) is 4.65. The third-order valence-corrected chi connectivity index (χ3v) is 3.15. The molecule has 0 unspecified atom stereocenters. The smallest absolute Gasteiger partial charge is 0.347 e. The lowest BCUT2D eigenvalue weighted by atomic mass is 10.0. The fourth-order valence-corrected chi connectivity index (χ4v) is 2.26. The molecular weight excluding hydrogens is 254 g/mol. The fourth-order valence-electron chi connectivity index (χ4n) is 2.26. The first-order chi connectivity index (χ1) is 9.47. The van der Waals surface area contributed by atoms with Crippen LogP contribution in [0.15, 0.2) is 23.1 Å². The molecule has 20 heavy (non-hydrogen) atoms. The number of nitrogens with zero attached hydrogens (tertiary/aromatic N) is 3. The summed E-state index contributed by atoms with van der Waals surface area (Å²) in [5.74, 6) is 0.802. The summed E-state index contributed by atoms with van der Waals surface area (Å²) in [5.41, 5.74) is 3.02. The number of rotatable bonds is 2. The Balaban J connectivity index is 2.73. The van der Waals surface area contributed by atoms with Gasteiger partial charge in [0.15, 0.2) is 0 Å². The van der Waals surface area contributed by atoms with Crippen LogP contribution >= 0.6 is 0 Å². The van der Waals surface area contributed by atoms with Gasteiger partial charge < -0.3 is 9.30 Å². The predicted octanol–water partition coefficient (Wildman–Crippen LogP) is 1.94. The average Bonchev–Trinajstić information content (AvgIpc) is 2.41. The van der Waals surface area contributed by atoms with Gasteiger partial charge in [-0.3, -0.25) is 0 Å². The molecule has 0 radical (unpaired) electrons. The second kappa shape index (κ2) is 5.17. The van der Waals surface area contributed by atoms with Gasteiger partial charge in [-0.2, -0.15) is 10.2 Å². The van der Waals surface area contributed by atoms with E-state index < -0.39 is 0 Å². The maximum absolute atomic E-state index is 11.7. The number of nitriles is 1. The maximum atomic E-state index is 11.7. The molecule has 1 heterocycles. The normalized spacial score (nSPS) is 10.2. The molecular formula is C15H15N3O2. The minimum Gasteiger partial charge on any atom is -0.496 e. The lowest BCUT2D eigenvalue weighted by Crippen LogP contribution is -2.20. The first-order valence-corrected chi connectivity index (χ1v) is 6.11. The summed E-state index contributed by atoms with van der Waals surface area (Å²) in [6, 6.07) is 5.82. The van der Waals surface area contributed by atoms with Gasteiger partial charge in [-0.25, -0.2) is 4.79 Å². The summed E-state index contributed by atoms with van der Waals surface area (Å²) in [5, 5.41) is 9.20. The average molecular weight is 269 g/mol. The van der Waals surface area contributed by atoms with Crippen LogP contribution in [0.2, 0.25) is 0 Å². The van der Waals surface area contributed by atoms with Crippen molar-refractivity contribution in [2.75, 3.05) is 7.11 Å².